The number of carbonyl (C=O) groups excluding carboxylic acids is 2. The quantitative estimate of drug-likeness (QED) is 0.796. The van der Waals surface area contributed by atoms with Crippen molar-refractivity contribution in [1.82, 2.24) is 9.47 Å². The molecule has 3 rings (SSSR count). The van der Waals surface area contributed by atoms with Gasteiger partial charge in [-0.25, -0.2) is 0 Å². The summed E-state index contributed by atoms with van der Waals surface area (Å²) in [6.07, 6.45) is 1.92. The molecule has 2 aromatic rings. The number of pyridine rings is 1. The average Bonchev–Trinajstić information content (AvgIpc) is 2.77. The fourth-order valence-corrected chi connectivity index (χ4v) is 3.08. The van der Waals surface area contributed by atoms with Crippen molar-refractivity contribution in [3.8, 4) is 0 Å². The summed E-state index contributed by atoms with van der Waals surface area (Å²) in [7, 11) is 0. The average molecular weight is 351 g/mol. The molecule has 0 spiro atoms. The Hall–Kier alpha value is -2.11. The van der Waals surface area contributed by atoms with E-state index in [0.717, 1.165) is 0 Å². The van der Waals surface area contributed by atoms with Crippen LogP contribution in [0.3, 0.4) is 0 Å². The third-order valence-corrected chi connectivity index (χ3v) is 4.15. The number of nitrogens with zero attached hydrogens (tertiary/aromatic N) is 2. The van der Waals surface area contributed by atoms with E-state index >= 15 is 0 Å². The highest BCUT2D eigenvalue weighted by Gasteiger charge is 2.34. The third-order valence-electron chi connectivity index (χ3n) is 3.67. The summed E-state index contributed by atoms with van der Waals surface area (Å²) >= 11 is 11.7. The van der Waals surface area contributed by atoms with Gasteiger partial charge in [0.05, 0.1) is 16.1 Å². The minimum Gasteiger partial charge on any atom is -0.313 e. The van der Waals surface area contributed by atoms with Gasteiger partial charge in [0, 0.05) is 19.3 Å². The van der Waals surface area contributed by atoms with Crippen LogP contribution >= 0.6 is 23.2 Å². The Balaban J connectivity index is 1.70. The van der Waals surface area contributed by atoms with Crippen molar-refractivity contribution in [2.75, 3.05) is 6.54 Å². The lowest BCUT2D eigenvalue weighted by atomic mass is 10.1. The van der Waals surface area contributed by atoms with Crippen molar-refractivity contribution in [3.05, 3.63) is 68.1 Å². The Morgan fingerprint density at radius 1 is 0.913 bits per heavy atom. The van der Waals surface area contributed by atoms with Crippen LogP contribution in [0.4, 0.5) is 0 Å². The second-order valence-corrected chi connectivity index (χ2v) is 6.01. The minimum atomic E-state index is -0.349. The van der Waals surface area contributed by atoms with Crippen LogP contribution in [0, 0.1) is 0 Å². The fourth-order valence-electron chi connectivity index (χ4n) is 2.57. The largest absolute Gasteiger partial charge is 0.313 e. The summed E-state index contributed by atoms with van der Waals surface area (Å²) in [6, 6.07) is 8.10. The number of benzene rings is 1. The molecule has 0 aliphatic carbocycles. The molecule has 0 fully saturated rings. The van der Waals surface area contributed by atoms with E-state index in [0.29, 0.717) is 29.1 Å². The Kier molecular flexibility index (Phi) is 4.24. The van der Waals surface area contributed by atoms with Crippen LogP contribution in [-0.2, 0) is 6.54 Å². The number of imide groups is 1. The molecule has 0 atom stereocenters. The highest BCUT2D eigenvalue weighted by molar-refractivity contribution is 6.34. The lowest BCUT2D eigenvalue weighted by Gasteiger charge is -2.14. The maximum absolute atomic E-state index is 12.2. The molecule has 2 amide bonds. The molecule has 5 nitrogen and oxygen atoms in total. The Labute approximate surface area is 142 Å². The van der Waals surface area contributed by atoms with Crippen molar-refractivity contribution in [3.63, 3.8) is 0 Å². The molecule has 1 aliphatic rings. The SMILES string of the molecule is O=C1c2ccccc2C(=O)N1CCCn1cc(Cl)cc(Cl)c1=O. The number of carbonyl (C=O) groups is 2. The molecular formula is C16H12Cl2N2O3. The van der Waals surface area contributed by atoms with Gasteiger partial charge in [-0.15, -0.1) is 0 Å². The second-order valence-electron chi connectivity index (χ2n) is 5.17. The Morgan fingerprint density at radius 2 is 1.52 bits per heavy atom. The monoisotopic (exact) mass is 350 g/mol. The maximum Gasteiger partial charge on any atom is 0.269 e. The van der Waals surface area contributed by atoms with Crippen molar-refractivity contribution in [2.24, 2.45) is 0 Å². The first kappa shape index (κ1) is 15.8. The number of aryl methyl sites for hydroxylation is 1. The summed E-state index contributed by atoms with van der Waals surface area (Å²) < 4.78 is 1.38. The lowest BCUT2D eigenvalue weighted by molar-refractivity contribution is 0.0650. The molecule has 0 saturated heterocycles. The van der Waals surface area contributed by atoms with Gasteiger partial charge in [0.25, 0.3) is 17.4 Å². The number of halogens is 2. The van der Waals surface area contributed by atoms with Crippen LogP contribution in [0.2, 0.25) is 10.0 Å². The van der Waals surface area contributed by atoms with E-state index in [1.165, 1.54) is 21.7 Å². The van der Waals surface area contributed by atoms with E-state index in [1.54, 1.807) is 24.3 Å². The van der Waals surface area contributed by atoms with Crippen LogP contribution in [0.1, 0.15) is 27.1 Å². The molecule has 0 N–H and O–H groups in total. The van der Waals surface area contributed by atoms with Crippen LogP contribution in [0.25, 0.3) is 0 Å². The van der Waals surface area contributed by atoms with Crippen molar-refractivity contribution in [2.45, 2.75) is 13.0 Å². The lowest BCUT2D eigenvalue weighted by Crippen LogP contribution is -2.32. The van der Waals surface area contributed by atoms with Crippen LogP contribution < -0.4 is 5.56 Å². The highest BCUT2D eigenvalue weighted by atomic mass is 35.5. The number of hydrogen-bond donors (Lipinski definition) is 0. The summed E-state index contributed by atoms with van der Waals surface area (Å²) in [5.41, 5.74) is 0.486. The van der Waals surface area contributed by atoms with Crippen molar-refractivity contribution < 1.29 is 9.59 Å². The zero-order chi connectivity index (χ0) is 16.6. The number of amides is 2. The maximum atomic E-state index is 12.2. The summed E-state index contributed by atoms with van der Waals surface area (Å²) in [6.45, 7) is 0.537. The Morgan fingerprint density at radius 3 is 2.13 bits per heavy atom. The molecule has 0 radical (unpaired) electrons. The van der Waals surface area contributed by atoms with Gasteiger partial charge in [0.1, 0.15) is 5.02 Å². The molecule has 7 heteroatoms. The molecule has 1 aliphatic heterocycles. The second kappa shape index (κ2) is 6.18. The van der Waals surface area contributed by atoms with Crippen molar-refractivity contribution in [1.29, 1.82) is 0 Å². The fraction of sp³-hybridized carbons (Fsp3) is 0.188. The minimum absolute atomic E-state index is 0.0400. The molecule has 1 aromatic carbocycles. The van der Waals surface area contributed by atoms with Gasteiger partial charge in [0.2, 0.25) is 0 Å². The molecule has 1 aromatic heterocycles. The predicted molar refractivity (Wildman–Crippen MR) is 87.1 cm³/mol. The van der Waals surface area contributed by atoms with Gasteiger partial charge < -0.3 is 4.57 Å². The molecule has 23 heavy (non-hydrogen) atoms. The van der Waals surface area contributed by atoms with Crippen molar-refractivity contribution >= 4 is 35.0 Å². The van der Waals surface area contributed by atoms with Gasteiger partial charge >= 0.3 is 0 Å². The topological polar surface area (TPSA) is 59.4 Å². The van der Waals surface area contributed by atoms with Gasteiger partial charge in [-0.2, -0.15) is 0 Å². The van der Waals surface area contributed by atoms with E-state index in [4.69, 9.17) is 23.2 Å². The highest BCUT2D eigenvalue weighted by Crippen LogP contribution is 2.22. The normalized spacial score (nSPS) is 13.6. The van der Waals surface area contributed by atoms with Gasteiger partial charge in [-0.3, -0.25) is 19.3 Å². The summed E-state index contributed by atoms with van der Waals surface area (Å²) in [5.74, 6) is -0.607. The molecule has 0 unspecified atom stereocenters. The van der Waals surface area contributed by atoms with E-state index in [-0.39, 0.29) is 28.9 Å². The van der Waals surface area contributed by atoms with Gasteiger partial charge in [-0.05, 0) is 24.6 Å². The van der Waals surface area contributed by atoms with Crippen LogP contribution in [0.15, 0.2) is 41.3 Å². The first-order valence-corrected chi connectivity index (χ1v) is 7.75. The van der Waals surface area contributed by atoms with Gasteiger partial charge in [-0.1, -0.05) is 35.3 Å². The molecule has 0 bridgehead atoms. The Bertz CT molecular complexity index is 826. The number of fused-ring (bicyclic) bond motifs is 1. The smallest absolute Gasteiger partial charge is 0.269 e. The van der Waals surface area contributed by atoms with Crippen LogP contribution in [-0.4, -0.2) is 27.8 Å². The predicted octanol–water partition coefficient (Wildman–Crippen LogP) is 2.84. The zero-order valence-electron chi connectivity index (χ0n) is 12.0. The first-order chi connectivity index (χ1) is 11.0. The van der Waals surface area contributed by atoms with E-state index in [2.05, 4.69) is 0 Å². The molecular weight excluding hydrogens is 339 g/mol. The van der Waals surface area contributed by atoms with E-state index < -0.39 is 0 Å². The summed E-state index contributed by atoms with van der Waals surface area (Å²) in [4.78, 5) is 37.5. The molecule has 2 heterocycles. The summed E-state index contributed by atoms with van der Waals surface area (Å²) in [5, 5.41) is 0.397. The van der Waals surface area contributed by atoms with Crippen LogP contribution in [0.5, 0.6) is 0 Å². The van der Waals surface area contributed by atoms with Gasteiger partial charge in [0.15, 0.2) is 0 Å². The molecule has 118 valence electrons. The first-order valence-electron chi connectivity index (χ1n) is 7.00. The molecule has 0 saturated carbocycles. The number of hydrogen-bond acceptors (Lipinski definition) is 3. The number of rotatable bonds is 4. The number of aromatic nitrogens is 1. The zero-order valence-corrected chi connectivity index (χ0v) is 13.5. The van der Waals surface area contributed by atoms with E-state index in [1.807, 2.05) is 0 Å². The third kappa shape index (κ3) is 2.90. The standard InChI is InChI=1S/C16H12Cl2N2O3/c17-10-8-13(18)16(23)19(9-10)6-3-7-20-14(21)11-4-1-2-5-12(11)15(20)22/h1-2,4-5,8-9H,3,6-7H2. The van der Waals surface area contributed by atoms with E-state index in [9.17, 15) is 14.4 Å².